The minimum atomic E-state index is 0.568. The number of rotatable bonds is 0. The lowest BCUT2D eigenvalue weighted by Gasteiger charge is -2.23. The lowest BCUT2D eigenvalue weighted by Crippen LogP contribution is -2.14. The summed E-state index contributed by atoms with van der Waals surface area (Å²) in [7, 11) is 0. The van der Waals surface area contributed by atoms with Crippen molar-refractivity contribution in [2.45, 2.75) is 19.3 Å². The zero-order chi connectivity index (χ0) is 6.97. The third-order valence-electron chi connectivity index (χ3n) is 2.67. The van der Waals surface area contributed by atoms with Gasteiger partial charge in [-0.1, -0.05) is 12.2 Å². The van der Waals surface area contributed by atoms with Crippen molar-refractivity contribution in [1.82, 2.24) is 0 Å². The number of terminal acetylenes is 1. The molecule has 3 atom stereocenters. The van der Waals surface area contributed by atoms with Crippen LogP contribution >= 0.6 is 0 Å². The van der Waals surface area contributed by atoms with E-state index in [1.165, 1.54) is 19.3 Å². The molecule has 1 saturated carbocycles. The molecule has 0 N–H and O–H groups in total. The Kier molecular flexibility index (Phi) is 1.31. The highest BCUT2D eigenvalue weighted by molar-refractivity contribution is 5.10. The molecule has 0 aromatic heterocycles. The summed E-state index contributed by atoms with van der Waals surface area (Å²) in [6.07, 6.45) is 13.9. The average Bonchev–Trinajstić information content (AvgIpc) is 2.30. The molecule has 0 spiro atoms. The Morgan fingerprint density at radius 1 is 1.10 bits per heavy atom. The zero-order valence-electron chi connectivity index (χ0n) is 6.09. The molecular weight excluding hydrogens is 120 g/mol. The van der Waals surface area contributed by atoms with Crippen LogP contribution in [0.25, 0.3) is 0 Å². The first kappa shape index (κ1) is 6.04. The molecular formula is C10H12. The molecule has 0 heterocycles. The summed E-state index contributed by atoms with van der Waals surface area (Å²) in [6, 6.07) is 0. The molecule has 1 fully saturated rings. The minimum absolute atomic E-state index is 0.568. The number of hydrogen-bond donors (Lipinski definition) is 0. The third-order valence-corrected chi connectivity index (χ3v) is 2.67. The fraction of sp³-hybridized carbons (Fsp3) is 0.600. The maximum atomic E-state index is 5.38. The van der Waals surface area contributed by atoms with Crippen molar-refractivity contribution in [3.63, 3.8) is 0 Å². The van der Waals surface area contributed by atoms with Crippen molar-refractivity contribution >= 4 is 0 Å². The molecule has 0 aliphatic heterocycles. The highest BCUT2D eigenvalue weighted by Crippen LogP contribution is 2.39. The first-order valence-corrected chi connectivity index (χ1v) is 4.03. The minimum Gasteiger partial charge on any atom is -0.120 e. The maximum absolute atomic E-state index is 5.38. The summed E-state index contributed by atoms with van der Waals surface area (Å²) in [5, 5.41) is 0. The number of hydrogen-bond acceptors (Lipinski definition) is 0. The molecule has 0 radical (unpaired) electrons. The molecule has 0 saturated heterocycles. The lowest BCUT2D eigenvalue weighted by atomic mass is 9.81. The van der Waals surface area contributed by atoms with Crippen LogP contribution in [0.4, 0.5) is 0 Å². The fourth-order valence-corrected chi connectivity index (χ4v) is 2.17. The Hall–Kier alpha value is -0.700. The van der Waals surface area contributed by atoms with E-state index >= 15 is 0 Å². The Bertz CT molecular complexity index is 181. The Labute approximate surface area is 62.3 Å². The highest BCUT2D eigenvalue weighted by atomic mass is 14.3. The van der Waals surface area contributed by atoms with Crippen molar-refractivity contribution in [1.29, 1.82) is 0 Å². The van der Waals surface area contributed by atoms with Gasteiger partial charge in [-0.2, -0.15) is 0 Å². The molecule has 0 aromatic rings. The smallest absolute Gasteiger partial charge is 0.0211 e. The molecule has 0 heteroatoms. The van der Waals surface area contributed by atoms with Crippen LogP contribution < -0.4 is 0 Å². The summed E-state index contributed by atoms with van der Waals surface area (Å²) in [5.74, 6) is 5.07. The van der Waals surface area contributed by atoms with E-state index in [-0.39, 0.29) is 0 Å². The van der Waals surface area contributed by atoms with E-state index in [0.717, 1.165) is 11.8 Å². The Morgan fingerprint density at radius 3 is 2.20 bits per heavy atom. The molecule has 52 valence electrons. The second-order valence-electron chi connectivity index (χ2n) is 3.48. The van der Waals surface area contributed by atoms with Crippen LogP contribution in [0, 0.1) is 30.1 Å². The van der Waals surface area contributed by atoms with Crippen molar-refractivity contribution < 1.29 is 0 Å². The largest absolute Gasteiger partial charge is 0.120 e. The van der Waals surface area contributed by atoms with E-state index in [2.05, 4.69) is 18.1 Å². The van der Waals surface area contributed by atoms with Gasteiger partial charge in [0, 0.05) is 5.92 Å². The van der Waals surface area contributed by atoms with E-state index < -0.39 is 0 Å². The second-order valence-corrected chi connectivity index (χ2v) is 3.48. The quantitative estimate of drug-likeness (QED) is 0.350. The van der Waals surface area contributed by atoms with Crippen molar-refractivity contribution in [2.75, 3.05) is 0 Å². The third kappa shape index (κ3) is 0.865. The zero-order valence-corrected chi connectivity index (χ0v) is 6.09. The van der Waals surface area contributed by atoms with E-state index in [9.17, 15) is 0 Å². The van der Waals surface area contributed by atoms with Gasteiger partial charge >= 0.3 is 0 Å². The van der Waals surface area contributed by atoms with Crippen molar-refractivity contribution in [2.24, 2.45) is 17.8 Å². The topological polar surface area (TPSA) is 0 Å². The molecule has 2 rings (SSSR count). The Balaban J connectivity index is 2.09. The highest BCUT2D eigenvalue weighted by Gasteiger charge is 2.28. The summed E-state index contributed by atoms with van der Waals surface area (Å²) in [6.45, 7) is 0. The summed E-state index contributed by atoms with van der Waals surface area (Å²) >= 11 is 0. The van der Waals surface area contributed by atoms with Gasteiger partial charge in [0.05, 0.1) is 0 Å². The van der Waals surface area contributed by atoms with Gasteiger partial charge in [-0.15, -0.1) is 12.3 Å². The average molecular weight is 132 g/mol. The van der Waals surface area contributed by atoms with Crippen LogP contribution in [0.2, 0.25) is 0 Å². The standard InChI is InChI=1S/C10H12/c1-2-8-5-9-3-4-10(6-8)7-9/h1,3-4,8-10H,5-7H2/t8?,9-,10+. The van der Waals surface area contributed by atoms with Gasteiger partial charge in [0.15, 0.2) is 0 Å². The molecule has 0 nitrogen and oxygen atoms in total. The monoisotopic (exact) mass is 132 g/mol. The molecule has 1 unspecified atom stereocenters. The van der Waals surface area contributed by atoms with Crippen molar-refractivity contribution in [3.05, 3.63) is 12.2 Å². The van der Waals surface area contributed by atoms with Gasteiger partial charge in [-0.3, -0.25) is 0 Å². The number of fused-ring (bicyclic) bond motifs is 2. The molecule has 0 aromatic carbocycles. The normalized spacial score (nSPS) is 43.3. The van der Waals surface area contributed by atoms with Gasteiger partial charge in [0.2, 0.25) is 0 Å². The molecule has 10 heavy (non-hydrogen) atoms. The first-order chi connectivity index (χ1) is 4.88. The fourth-order valence-electron chi connectivity index (χ4n) is 2.17. The second kappa shape index (κ2) is 2.16. The van der Waals surface area contributed by atoms with Crippen LogP contribution in [0.5, 0.6) is 0 Å². The summed E-state index contributed by atoms with van der Waals surface area (Å²) in [4.78, 5) is 0. The summed E-state index contributed by atoms with van der Waals surface area (Å²) < 4.78 is 0. The number of allylic oxidation sites excluding steroid dienone is 2. The Morgan fingerprint density at radius 2 is 1.70 bits per heavy atom. The van der Waals surface area contributed by atoms with Crippen molar-refractivity contribution in [3.8, 4) is 12.3 Å². The molecule has 2 bridgehead atoms. The van der Waals surface area contributed by atoms with E-state index in [1.54, 1.807) is 0 Å². The molecule has 2 aliphatic carbocycles. The van der Waals surface area contributed by atoms with Crippen LogP contribution in [0.1, 0.15) is 19.3 Å². The van der Waals surface area contributed by atoms with Crippen LogP contribution in [0.3, 0.4) is 0 Å². The molecule has 0 amide bonds. The predicted molar refractivity (Wildman–Crippen MR) is 42.3 cm³/mol. The first-order valence-electron chi connectivity index (χ1n) is 4.03. The van der Waals surface area contributed by atoms with Crippen LogP contribution in [-0.2, 0) is 0 Å². The van der Waals surface area contributed by atoms with Gasteiger partial charge in [0.1, 0.15) is 0 Å². The van der Waals surface area contributed by atoms with Crippen LogP contribution in [-0.4, -0.2) is 0 Å². The van der Waals surface area contributed by atoms with Gasteiger partial charge in [-0.05, 0) is 31.1 Å². The maximum Gasteiger partial charge on any atom is 0.0211 e. The van der Waals surface area contributed by atoms with E-state index in [4.69, 9.17) is 6.42 Å². The lowest BCUT2D eigenvalue weighted by molar-refractivity contribution is 0.328. The predicted octanol–water partition coefficient (Wildman–Crippen LogP) is 2.22. The van der Waals surface area contributed by atoms with E-state index in [1.807, 2.05) is 0 Å². The van der Waals surface area contributed by atoms with Gasteiger partial charge in [-0.25, -0.2) is 0 Å². The van der Waals surface area contributed by atoms with E-state index in [0.29, 0.717) is 5.92 Å². The van der Waals surface area contributed by atoms with Gasteiger partial charge < -0.3 is 0 Å². The summed E-state index contributed by atoms with van der Waals surface area (Å²) in [5.41, 5.74) is 0. The molecule has 2 aliphatic rings. The van der Waals surface area contributed by atoms with Crippen LogP contribution in [0.15, 0.2) is 12.2 Å². The SMILES string of the molecule is C#CC1C[C@H]2C=C[C@@H](C1)C2. The van der Waals surface area contributed by atoms with Gasteiger partial charge in [0.25, 0.3) is 0 Å².